The Morgan fingerprint density at radius 2 is 1.83 bits per heavy atom. The fraction of sp³-hybridized carbons (Fsp3) is 0.143. The standard InChI is InChI=1S/C14H13BFNO/c15-13-6-5-12(9-14(13)16)18-8-7-10-1-3-11(17)4-2-10/h1-6,9H,7-8,17H2. The summed E-state index contributed by atoms with van der Waals surface area (Å²) in [4.78, 5) is 0. The van der Waals surface area contributed by atoms with E-state index in [1.54, 1.807) is 6.07 Å². The van der Waals surface area contributed by atoms with Crippen LogP contribution in [0.2, 0.25) is 0 Å². The lowest BCUT2D eigenvalue weighted by Crippen LogP contribution is -2.09. The van der Waals surface area contributed by atoms with E-state index in [9.17, 15) is 4.39 Å². The first kappa shape index (κ1) is 12.5. The van der Waals surface area contributed by atoms with Gasteiger partial charge >= 0.3 is 0 Å². The van der Waals surface area contributed by atoms with E-state index in [0.29, 0.717) is 12.4 Å². The van der Waals surface area contributed by atoms with Gasteiger partial charge in [-0.3, -0.25) is 0 Å². The van der Waals surface area contributed by atoms with E-state index in [0.717, 1.165) is 17.7 Å². The Morgan fingerprint density at radius 3 is 2.50 bits per heavy atom. The second kappa shape index (κ2) is 5.58. The number of nitrogens with two attached hydrogens (primary N) is 1. The number of ether oxygens (including phenoxy) is 1. The molecule has 2 N–H and O–H groups in total. The van der Waals surface area contributed by atoms with E-state index in [-0.39, 0.29) is 5.46 Å². The molecule has 0 saturated carbocycles. The molecule has 4 heteroatoms. The van der Waals surface area contributed by atoms with E-state index in [1.165, 1.54) is 12.1 Å². The summed E-state index contributed by atoms with van der Waals surface area (Å²) < 4.78 is 18.6. The van der Waals surface area contributed by atoms with Gasteiger partial charge in [-0.15, -0.1) is 0 Å². The zero-order valence-electron chi connectivity index (χ0n) is 9.90. The van der Waals surface area contributed by atoms with Crippen LogP contribution in [0.3, 0.4) is 0 Å². The molecule has 0 saturated heterocycles. The van der Waals surface area contributed by atoms with Gasteiger partial charge < -0.3 is 10.5 Å². The number of rotatable bonds is 4. The molecule has 2 nitrogen and oxygen atoms in total. The molecule has 0 fully saturated rings. The monoisotopic (exact) mass is 241 g/mol. The van der Waals surface area contributed by atoms with Crippen molar-refractivity contribution in [2.75, 3.05) is 12.3 Å². The van der Waals surface area contributed by atoms with Crippen LogP contribution in [-0.4, -0.2) is 14.5 Å². The Balaban J connectivity index is 1.88. The van der Waals surface area contributed by atoms with Gasteiger partial charge in [0.2, 0.25) is 0 Å². The van der Waals surface area contributed by atoms with Gasteiger partial charge in [-0.1, -0.05) is 23.7 Å². The highest BCUT2D eigenvalue weighted by Gasteiger charge is 2.00. The van der Waals surface area contributed by atoms with Gasteiger partial charge in [-0.05, 0) is 23.8 Å². The van der Waals surface area contributed by atoms with Crippen molar-refractivity contribution in [2.24, 2.45) is 0 Å². The first-order chi connectivity index (χ1) is 8.65. The van der Waals surface area contributed by atoms with Crippen LogP contribution >= 0.6 is 0 Å². The Kier molecular flexibility index (Phi) is 3.87. The molecule has 0 unspecified atom stereocenters. The van der Waals surface area contributed by atoms with Gasteiger partial charge in [-0.25, -0.2) is 4.39 Å². The Morgan fingerprint density at radius 1 is 1.11 bits per heavy atom. The second-order valence-electron chi connectivity index (χ2n) is 4.02. The highest BCUT2D eigenvalue weighted by Crippen LogP contribution is 2.11. The minimum Gasteiger partial charge on any atom is -0.493 e. The maximum atomic E-state index is 13.2. The Hall–Kier alpha value is -1.97. The molecule has 0 atom stereocenters. The van der Waals surface area contributed by atoms with Crippen LogP contribution in [0, 0.1) is 5.82 Å². The first-order valence-electron chi connectivity index (χ1n) is 5.67. The molecule has 0 aliphatic carbocycles. The summed E-state index contributed by atoms with van der Waals surface area (Å²) in [6.45, 7) is 0.479. The second-order valence-corrected chi connectivity index (χ2v) is 4.02. The van der Waals surface area contributed by atoms with Gasteiger partial charge in [0.1, 0.15) is 19.4 Å². The van der Waals surface area contributed by atoms with Crippen molar-refractivity contribution in [3.05, 3.63) is 53.8 Å². The van der Waals surface area contributed by atoms with Crippen LogP contribution in [0.25, 0.3) is 0 Å². The minimum atomic E-state index is -0.458. The van der Waals surface area contributed by atoms with E-state index in [1.807, 2.05) is 24.3 Å². The zero-order chi connectivity index (χ0) is 13.0. The van der Waals surface area contributed by atoms with Crippen LogP contribution in [0.15, 0.2) is 42.5 Å². The van der Waals surface area contributed by atoms with E-state index >= 15 is 0 Å². The van der Waals surface area contributed by atoms with Crippen LogP contribution in [0.1, 0.15) is 5.56 Å². The SMILES string of the molecule is [B]c1ccc(OCCc2ccc(N)cc2)cc1F. The maximum absolute atomic E-state index is 13.2. The van der Waals surface area contributed by atoms with Crippen LogP contribution in [0.5, 0.6) is 5.75 Å². The molecule has 0 heterocycles. The topological polar surface area (TPSA) is 35.2 Å². The number of benzene rings is 2. The lowest BCUT2D eigenvalue weighted by Gasteiger charge is -2.07. The Bertz CT molecular complexity index is 528. The number of hydrogen-bond acceptors (Lipinski definition) is 2. The molecule has 0 amide bonds. The van der Waals surface area contributed by atoms with Crippen molar-refractivity contribution in [3.63, 3.8) is 0 Å². The molecule has 2 aromatic rings. The van der Waals surface area contributed by atoms with Gasteiger partial charge in [0, 0.05) is 18.2 Å². The number of anilines is 1. The summed E-state index contributed by atoms with van der Waals surface area (Å²) in [6.07, 6.45) is 0.742. The number of nitrogen functional groups attached to an aromatic ring is 1. The van der Waals surface area contributed by atoms with E-state index in [4.69, 9.17) is 18.3 Å². The third-order valence-electron chi connectivity index (χ3n) is 2.61. The molecule has 0 bridgehead atoms. The average Bonchev–Trinajstić information content (AvgIpc) is 2.36. The molecule has 0 aliphatic rings. The van der Waals surface area contributed by atoms with Gasteiger partial charge in [0.05, 0.1) is 6.61 Å². The van der Waals surface area contributed by atoms with Crippen molar-refractivity contribution >= 4 is 19.0 Å². The minimum absolute atomic E-state index is 0.126. The van der Waals surface area contributed by atoms with E-state index < -0.39 is 5.82 Å². The van der Waals surface area contributed by atoms with Crippen LogP contribution in [0.4, 0.5) is 10.1 Å². The van der Waals surface area contributed by atoms with Crippen LogP contribution in [-0.2, 0) is 6.42 Å². The summed E-state index contributed by atoms with van der Waals surface area (Å²) >= 11 is 0. The molecular formula is C14H13BFNO. The van der Waals surface area contributed by atoms with Crippen molar-refractivity contribution in [2.45, 2.75) is 6.42 Å². The third kappa shape index (κ3) is 3.26. The Labute approximate surface area is 107 Å². The zero-order valence-corrected chi connectivity index (χ0v) is 9.90. The highest BCUT2D eigenvalue weighted by atomic mass is 19.1. The summed E-state index contributed by atoms with van der Waals surface area (Å²) in [5, 5.41) is 0. The average molecular weight is 241 g/mol. The molecular weight excluding hydrogens is 228 g/mol. The van der Waals surface area contributed by atoms with E-state index in [2.05, 4.69) is 0 Å². The summed E-state index contributed by atoms with van der Waals surface area (Å²) in [5.41, 5.74) is 7.58. The molecule has 18 heavy (non-hydrogen) atoms. The predicted octanol–water partition coefficient (Wildman–Crippen LogP) is 1.82. The van der Waals surface area contributed by atoms with Crippen molar-refractivity contribution in [3.8, 4) is 5.75 Å². The normalized spacial score (nSPS) is 10.3. The number of hydrogen-bond donors (Lipinski definition) is 1. The smallest absolute Gasteiger partial charge is 0.122 e. The third-order valence-corrected chi connectivity index (χ3v) is 2.61. The van der Waals surface area contributed by atoms with Gasteiger partial charge in [0.25, 0.3) is 0 Å². The summed E-state index contributed by atoms with van der Waals surface area (Å²) in [5.74, 6) is 0.0251. The molecule has 2 rings (SSSR count). The fourth-order valence-electron chi connectivity index (χ4n) is 1.57. The van der Waals surface area contributed by atoms with Crippen molar-refractivity contribution in [1.82, 2.24) is 0 Å². The lowest BCUT2D eigenvalue weighted by molar-refractivity contribution is 0.320. The van der Waals surface area contributed by atoms with Crippen LogP contribution < -0.4 is 15.9 Å². The molecule has 0 aliphatic heterocycles. The van der Waals surface area contributed by atoms with Gasteiger partial charge in [0.15, 0.2) is 0 Å². The molecule has 0 aromatic heterocycles. The summed E-state index contributed by atoms with van der Waals surface area (Å²) in [7, 11) is 5.38. The summed E-state index contributed by atoms with van der Waals surface area (Å²) in [6, 6.07) is 12.0. The number of halogens is 1. The largest absolute Gasteiger partial charge is 0.493 e. The van der Waals surface area contributed by atoms with Crippen molar-refractivity contribution < 1.29 is 9.13 Å². The molecule has 2 aromatic carbocycles. The van der Waals surface area contributed by atoms with Crippen molar-refractivity contribution in [1.29, 1.82) is 0 Å². The quantitative estimate of drug-likeness (QED) is 0.654. The predicted molar refractivity (Wildman–Crippen MR) is 71.8 cm³/mol. The molecule has 0 spiro atoms. The maximum Gasteiger partial charge on any atom is 0.122 e. The molecule has 2 radical (unpaired) electrons. The fourth-order valence-corrected chi connectivity index (χ4v) is 1.57. The lowest BCUT2D eigenvalue weighted by atomic mass is 9.96. The first-order valence-corrected chi connectivity index (χ1v) is 5.67. The molecule has 90 valence electrons. The highest BCUT2D eigenvalue weighted by molar-refractivity contribution is 6.32. The van der Waals surface area contributed by atoms with Gasteiger partial charge in [-0.2, -0.15) is 0 Å².